The number of rotatable bonds is 1. The van der Waals surface area contributed by atoms with Crippen LogP contribution in [0, 0.1) is 5.92 Å². The Bertz CT molecular complexity index is 240. The molecular formula is C14H28Cl2N2. The lowest BCUT2D eigenvalue weighted by molar-refractivity contribution is 0.318. The van der Waals surface area contributed by atoms with Crippen LogP contribution in [0.2, 0.25) is 0 Å². The zero-order chi connectivity index (χ0) is 12.3. The van der Waals surface area contributed by atoms with Gasteiger partial charge in [-0.25, -0.2) is 0 Å². The lowest BCUT2D eigenvalue weighted by Gasteiger charge is -2.36. The van der Waals surface area contributed by atoms with E-state index in [9.17, 15) is 0 Å². The second-order valence-electron chi connectivity index (χ2n) is 6.19. The van der Waals surface area contributed by atoms with E-state index in [0.717, 1.165) is 25.2 Å². The quantitative estimate of drug-likeness (QED) is 0.570. The smallest absolute Gasteiger partial charge is 0.0599 e. The number of nitrogens with two attached hydrogens (primary N) is 1. The lowest BCUT2D eigenvalue weighted by Crippen LogP contribution is -2.52. The lowest BCUT2D eigenvalue weighted by atomic mass is 9.87. The molecule has 0 aromatic heterocycles. The van der Waals surface area contributed by atoms with Crippen molar-refractivity contribution >= 4 is 24.0 Å². The standard InChI is InChI=1S/C14H27ClN2.ClH/c1-11-6-7-12(17-13(16)10-11)14(15)8-4-2-3-5-9-14;/h11-13,17H,2-10,16H2,1H3;1H. The van der Waals surface area contributed by atoms with E-state index in [1.54, 1.807) is 0 Å². The normalized spacial score (nSPS) is 37.2. The molecule has 2 aliphatic rings. The van der Waals surface area contributed by atoms with Gasteiger partial charge < -0.3 is 5.73 Å². The van der Waals surface area contributed by atoms with E-state index in [1.807, 2.05) is 0 Å². The summed E-state index contributed by atoms with van der Waals surface area (Å²) in [6.45, 7) is 2.30. The first-order valence-corrected chi connectivity index (χ1v) is 7.68. The molecule has 3 unspecified atom stereocenters. The van der Waals surface area contributed by atoms with Gasteiger partial charge in [0.05, 0.1) is 11.0 Å². The third-order valence-corrected chi connectivity index (χ3v) is 5.22. The SMILES string of the molecule is CC1CCC(C2(Cl)CCCCCC2)NC(N)C1.Cl. The van der Waals surface area contributed by atoms with Crippen molar-refractivity contribution in [1.82, 2.24) is 5.32 Å². The van der Waals surface area contributed by atoms with Crippen LogP contribution in [0.5, 0.6) is 0 Å². The molecule has 2 rings (SSSR count). The molecule has 2 nitrogen and oxygen atoms in total. The topological polar surface area (TPSA) is 38.0 Å². The van der Waals surface area contributed by atoms with E-state index in [2.05, 4.69) is 12.2 Å². The van der Waals surface area contributed by atoms with Crippen LogP contribution < -0.4 is 11.1 Å². The average molecular weight is 295 g/mol. The van der Waals surface area contributed by atoms with Crippen molar-refractivity contribution in [2.75, 3.05) is 0 Å². The first-order chi connectivity index (χ1) is 8.10. The molecule has 0 aromatic carbocycles. The number of alkyl halides is 1. The fourth-order valence-electron chi connectivity index (χ4n) is 3.49. The number of halogens is 2. The fourth-order valence-corrected chi connectivity index (χ4v) is 3.92. The molecule has 0 aromatic rings. The summed E-state index contributed by atoms with van der Waals surface area (Å²) in [6.07, 6.45) is 11.3. The maximum absolute atomic E-state index is 6.93. The molecule has 0 amide bonds. The van der Waals surface area contributed by atoms with Crippen molar-refractivity contribution in [1.29, 1.82) is 0 Å². The second kappa shape index (κ2) is 7.33. The maximum atomic E-state index is 6.93. The molecule has 1 aliphatic heterocycles. The summed E-state index contributed by atoms with van der Waals surface area (Å²) in [4.78, 5) is -0.0296. The van der Waals surface area contributed by atoms with E-state index >= 15 is 0 Å². The Morgan fingerprint density at radius 2 is 1.72 bits per heavy atom. The van der Waals surface area contributed by atoms with Crippen molar-refractivity contribution in [3.63, 3.8) is 0 Å². The van der Waals surface area contributed by atoms with Gasteiger partial charge in [-0.05, 0) is 38.0 Å². The zero-order valence-electron chi connectivity index (χ0n) is 11.5. The molecule has 108 valence electrons. The van der Waals surface area contributed by atoms with Gasteiger partial charge in [0.25, 0.3) is 0 Å². The summed E-state index contributed by atoms with van der Waals surface area (Å²) in [7, 11) is 0. The average Bonchev–Trinajstić information content (AvgIpc) is 2.58. The first kappa shape index (κ1) is 16.6. The molecule has 1 heterocycles. The maximum Gasteiger partial charge on any atom is 0.0599 e. The molecule has 0 spiro atoms. The van der Waals surface area contributed by atoms with Crippen LogP contribution in [0.4, 0.5) is 0 Å². The van der Waals surface area contributed by atoms with E-state index in [4.69, 9.17) is 17.3 Å². The zero-order valence-corrected chi connectivity index (χ0v) is 13.0. The molecule has 3 atom stereocenters. The van der Waals surface area contributed by atoms with Crippen LogP contribution in [0.1, 0.15) is 64.7 Å². The predicted octanol–water partition coefficient (Wildman–Crippen LogP) is 3.80. The molecule has 0 bridgehead atoms. The number of hydrogen-bond donors (Lipinski definition) is 2. The highest BCUT2D eigenvalue weighted by Crippen LogP contribution is 2.39. The summed E-state index contributed by atoms with van der Waals surface area (Å²) in [5.41, 5.74) is 6.15. The van der Waals surface area contributed by atoms with Gasteiger partial charge in [0.15, 0.2) is 0 Å². The van der Waals surface area contributed by atoms with Crippen molar-refractivity contribution in [3.05, 3.63) is 0 Å². The Morgan fingerprint density at radius 3 is 2.33 bits per heavy atom. The monoisotopic (exact) mass is 294 g/mol. The highest BCUT2D eigenvalue weighted by molar-refractivity contribution is 6.24. The molecule has 2 fully saturated rings. The molecule has 1 saturated carbocycles. The highest BCUT2D eigenvalue weighted by Gasteiger charge is 2.38. The van der Waals surface area contributed by atoms with Gasteiger partial charge in [0.2, 0.25) is 0 Å². The minimum Gasteiger partial charge on any atom is -0.316 e. The Hall–Kier alpha value is 0.500. The van der Waals surface area contributed by atoms with Gasteiger partial charge in [-0.1, -0.05) is 32.6 Å². The van der Waals surface area contributed by atoms with E-state index in [1.165, 1.54) is 38.5 Å². The van der Waals surface area contributed by atoms with Crippen LogP contribution >= 0.6 is 24.0 Å². The third-order valence-electron chi connectivity index (χ3n) is 4.58. The molecular weight excluding hydrogens is 267 g/mol. The largest absolute Gasteiger partial charge is 0.316 e. The Balaban J connectivity index is 0.00000162. The summed E-state index contributed by atoms with van der Waals surface area (Å²) in [5, 5.41) is 3.59. The Kier molecular flexibility index (Phi) is 6.74. The van der Waals surface area contributed by atoms with Crippen LogP contribution in [0.3, 0.4) is 0 Å². The predicted molar refractivity (Wildman–Crippen MR) is 81.4 cm³/mol. The van der Waals surface area contributed by atoms with Gasteiger partial charge in [-0.3, -0.25) is 5.32 Å². The van der Waals surface area contributed by atoms with Gasteiger partial charge in [0, 0.05) is 6.04 Å². The summed E-state index contributed by atoms with van der Waals surface area (Å²) in [6, 6.07) is 0.419. The molecule has 4 heteroatoms. The van der Waals surface area contributed by atoms with Crippen molar-refractivity contribution in [3.8, 4) is 0 Å². The van der Waals surface area contributed by atoms with Crippen molar-refractivity contribution < 1.29 is 0 Å². The van der Waals surface area contributed by atoms with Gasteiger partial charge in [-0.2, -0.15) is 0 Å². The molecule has 1 saturated heterocycles. The Labute approximate surface area is 123 Å². The van der Waals surface area contributed by atoms with Crippen LogP contribution in [-0.4, -0.2) is 17.1 Å². The highest BCUT2D eigenvalue weighted by atomic mass is 35.5. The van der Waals surface area contributed by atoms with Crippen molar-refractivity contribution in [2.24, 2.45) is 11.7 Å². The third kappa shape index (κ3) is 4.26. The van der Waals surface area contributed by atoms with Crippen LogP contribution in [0.15, 0.2) is 0 Å². The second-order valence-corrected chi connectivity index (χ2v) is 6.95. The molecule has 0 radical (unpaired) electrons. The van der Waals surface area contributed by atoms with Crippen molar-refractivity contribution in [2.45, 2.75) is 81.8 Å². The minimum atomic E-state index is -0.0296. The van der Waals surface area contributed by atoms with Crippen LogP contribution in [-0.2, 0) is 0 Å². The van der Waals surface area contributed by atoms with E-state index < -0.39 is 0 Å². The molecule has 1 aliphatic carbocycles. The molecule has 3 N–H and O–H groups in total. The fraction of sp³-hybridized carbons (Fsp3) is 1.00. The first-order valence-electron chi connectivity index (χ1n) is 7.31. The van der Waals surface area contributed by atoms with Gasteiger partial charge in [0.1, 0.15) is 0 Å². The van der Waals surface area contributed by atoms with Gasteiger partial charge in [-0.15, -0.1) is 24.0 Å². The number of nitrogens with one attached hydrogen (secondary N) is 1. The Morgan fingerprint density at radius 1 is 1.11 bits per heavy atom. The minimum absolute atomic E-state index is 0. The number of hydrogen-bond acceptors (Lipinski definition) is 2. The summed E-state index contributed by atoms with van der Waals surface area (Å²) >= 11 is 6.93. The van der Waals surface area contributed by atoms with Crippen LogP contribution in [0.25, 0.3) is 0 Å². The summed E-state index contributed by atoms with van der Waals surface area (Å²) < 4.78 is 0. The summed E-state index contributed by atoms with van der Waals surface area (Å²) in [5.74, 6) is 0.730. The van der Waals surface area contributed by atoms with E-state index in [-0.39, 0.29) is 23.4 Å². The van der Waals surface area contributed by atoms with E-state index in [0.29, 0.717) is 6.04 Å². The molecule has 18 heavy (non-hydrogen) atoms. The van der Waals surface area contributed by atoms with Gasteiger partial charge >= 0.3 is 0 Å².